The monoisotopic (exact) mass is 454 g/mol. The minimum atomic E-state index is -1.03. The van der Waals surface area contributed by atoms with Crippen LogP contribution in [0.25, 0.3) is 6.08 Å². The van der Waals surface area contributed by atoms with Gasteiger partial charge in [-0.3, -0.25) is 4.98 Å². The second kappa shape index (κ2) is 12.5. The van der Waals surface area contributed by atoms with Gasteiger partial charge in [-0.2, -0.15) is 5.26 Å². The SMILES string of the molecule is CCOC(=O)Oc1ccc(C=C(C#N)C(=O)OC(C)c2ccccn2)cc1OC(=O)OCC. The molecule has 2 aromatic rings. The van der Waals surface area contributed by atoms with E-state index < -0.39 is 24.4 Å². The molecule has 0 fully saturated rings. The Labute approximate surface area is 190 Å². The molecule has 1 heterocycles. The third-order valence-corrected chi connectivity index (χ3v) is 3.92. The number of pyridine rings is 1. The van der Waals surface area contributed by atoms with Crippen molar-refractivity contribution in [2.45, 2.75) is 26.9 Å². The van der Waals surface area contributed by atoms with E-state index in [1.54, 1.807) is 51.2 Å². The minimum Gasteiger partial charge on any atom is -0.452 e. The van der Waals surface area contributed by atoms with Crippen molar-refractivity contribution < 1.29 is 38.1 Å². The number of aromatic nitrogens is 1. The number of ether oxygens (including phenoxy) is 5. The normalized spacial score (nSPS) is 11.5. The van der Waals surface area contributed by atoms with Gasteiger partial charge in [0, 0.05) is 6.20 Å². The highest BCUT2D eigenvalue weighted by Gasteiger charge is 2.19. The Morgan fingerprint density at radius 3 is 2.27 bits per heavy atom. The van der Waals surface area contributed by atoms with Crippen molar-refractivity contribution >= 4 is 24.4 Å². The van der Waals surface area contributed by atoms with E-state index in [1.165, 1.54) is 24.3 Å². The van der Waals surface area contributed by atoms with Crippen LogP contribution in [0.5, 0.6) is 11.5 Å². The quantitative estimate of drug-likeness (QED) is 0.186. The molecular formula is C23H22N2O8. The van der Waals surface area contributed by atoms with E-state index >= 15 is 0 Å². The van der Waals surface area contributed by atoms with Crippen molar-refractivity contribution in [2.75, 3.05) is 13.2 Å². The van der Waals surface area contributed by atoms with E-state index in [-0.39, 0.29) is 30.3 Å². The van der Waals surface area contributed by atoms with Crippen LogP contribution in [0.3, 0.4) is 0 Å². The summed E-state index contributed by atoms with van der Waals surface area (Å²) >= 11 is 0. The van der Waals surface area contributed by atoms with Crippen LogP contribution >= 0.6 is 0 Å². The standard InChI is InChI=1S/C23H22N2O8/c1-4-29-22(27)32-19-10-9-16(13-20(19)33-23(28)30-5-2)12-17(14-24)21(26)31-15(3)18-8-6-7-11-25-18/h6-13,15H,4-5H2,1-3H3. The van der Waals surface area contributed by atoms with Gasteiger partial charge in [0.2, 0.25) is 0 Å². The fraction of sp³-hybridized carbons (Fsp3) is 0.261. The molecule has 1 unspecified atom stereocenters. The van der Waals surface area contributed by atoms with Gasteiger partial charge in [-0.15, -0.1) is 0 Å². The first-order valence-corrected chi connectivity index (χ1v) is 9.94. The summed E-state index contributed by atoms with van der Waals surface area (Å²) in [5, 5.41) is 9.43. The number of benzene rings is 1. The molecular weight excluding hydrogens is 432 g/mol. The summed E-state index contributed by atoms with van der Waals surface area (Å²) in [5.74, 6) is -1.17. The number of esters is 1. The molecule has 10 heteroatoms. The predicted molar refractivity (Wildman–Crippen MR) is 114 cm³/mol. The number of hydrogen-bond donors (Lipinski definition) is 0. The smallest absolute Gasteiger partial charge is 0.452 e. The summed E-state index contributed by atoms with van der Waals surface area (Å²) < 4.78 is 24.9. The average molecular weight is 454 g/mol. The lowest BCUT2D eigenvalue weighted by atomic mass is 10.1. The lowest BCUT2D eigenvalue weighted by Crippen LogP contribution is -2.14. The second-order valence-corrected chi connectivity index (χ2v) is 6.25. The molecule has 1 aromatic carbocycles. The molecule has 0 saturated carbocycles. The highest BCUT2D eigenvalue weighted by atomic mass is 16.7. The van der Waals surface area contributed by atoms with Gasteiger partial charge in [0.25, 0.3) is 0 Å². The Bertz CT molecular complexity index is 1060. The molecule has 0 aliphatic carbocycles. The van der Waals surface area contributed by atoms with E-state index in [0.717, 1.165) is 0 Å². The van der Waals surface area contributed by atoms with Crippen molar-refractivity contribution in [3.63, 3.8) is 0 Å². The Morgan fingerprint density at radius 1 is 1.03 bits per heavy atom. The first-order chi connectivity index (χ1) is 15.9. The third-order valence-electron chi connectivity index (χ3n) is 3.92. The van der Waals surface area contributed by atoms with Gasteiger partial charge in [-0.25, -0.2) is 14.4 Å². The first-order valence-electron chi connectivity index (χ1n) is 9.94. The Kier molecular flexibility index (Phi) is 9.39. The number of rotatable bonds is 8. The van der Waals surface area contributed by atoms with Gasteiger partial charge < -0.3 is 23.7 Å². The van der Waals surface area contributed by atoms with Crippen LogP contribution in [0, 0.1) is 11.3 Å². The van der Waals surface area contributed by atoms with Gasteiger partial charge in [0.05, 0.1) is 18.9 Å². The highest BCUT2D eigenvalue weighted by molar-refractivity contribution is 5.98. The van der Waals surface area contributed by atoms with Gasteiger partial charge in [0.1, 0.15) is 17.7 Å². The largest absolute Gasteiger partial charge is 0.513 e. The van der Waals surface area contributed by atoms with Gasteiger partial charge in [-0.05, 0) is 56.7 Å². The van der Waals surface area contributed by atoms with Crippen molar-refractivity contribution in [2.24, 2.45) is 0 Å². The maximum absolute atomic E-state index is 12.5. The fourth-order valence-electron chi connectivity index (χ4n) is 2.46. The van der Waals surface area contributed by atoms with Crippen LogP contribution in [-0.2, 0) is 19.0 Å². The van der Waals surface area contributed by atoms with Gasteiger partial charge >= 0.3 is 18.3 Å². The highest BCUT2D eigenvalue weighted by Crippen LogP contribution is 2.30. The van der Waals surface area contributed by atoms with Crippen molar-refractivity contribution in [3.8, 4) is 17.6 Å². The molecule has 33 heavy (non-hydrogen) atoms. The maximum Gasteiger partial charge on any atom is 0.513 e. The Morgan fingerprint density at radius 2 is 1.70 bits per heavy atom. The van der Waals surface area contributed by atoms with Crippen LogP contribution < -0.4 is 9.47 Å². The average Bonchev–Trinajstić information content (AvgIpc) is 2.79. The molecule has 0 saturated heterocycles. The molecule has 1 aromatic heterocycles. The topological polar surface area (TPSA) is 134 Å². The number of carbonyl (C=O) groups is 3. The molecule has 0 spiro atoms. The number of nitriles is 1. The molecule has 0 radical (unpaired) electrons. The van der Waals surface area contributed by atoms with E-state index in [9.17, 15) is 19.6 Å². The summed E-state index contributed by atoms with van der Waals surface area (Å²) in [6.07, 6.45) is 0.0833. The summed E-state index contributed by atoms with van der Waals surface area (Å²) in [6, 6.07) is 11.0. The van der Waals surface area contributed by atoms with Crippen LogP contribution in [0.2, 0.25) is 0 Å². The molecule has 0 aliphatic rings. The zero-order valence-corrected chi connectivity index (χ0v) is 18.3. The zero-order chi connectivity index (χ0) is 24.2. The predicted octanol–water partition coefficient (Wildman–Crippen LogP) is 4.36. The molecule has 172 valence electrons. The van der Waals surface area contributed by atoms with Crippen LogP contribution in [0.4, 0.5) is 9.59 Å². The summed E-state index contributed by atoms with van der Waals surface area (Å²) in [5.41, 5.74) is 0.511. The Hall–Kier alpha value is -4.39. The van der Waals surface area contributed by atoms with Gasteiger partial charge in [-0.1, -0.05) is 12.1 Å². The lowest BCUT2D eigenvalue weighted by molar-refractivity contribution is -0.143. The third kappa shape index (κ3) is 7.66. The minimum absolute atomic E-state index is 0.0609. The summed E-state index contributed by atoms with van der Waals surface area (Å²) in [7, 11) is 0. The van der Waals surface area contributed by atoms with Gasteiger partial charge in [0.15, 0.2) is 11.5 Å². The molecule has 2 rings (SSSR count). The fourth-order valence-corrected chi connectivity index (χ4v) is 2.46. The zero-order valence-electron chi connectivity index (χ0n) is 18.3. The first kappa shape index (κ1) is 24.9. The van der Waals surface area contributed by atoms with E-state index in [4.69, 9.17) is 23.7 Å². The number of hydrogen-bond acceptors (Lipinski definition) is 10. The van der Waals surface area contributed by atoms with E-state index in [2.05, 4.69) is 4.98 Å². The molecule has 10 nitrogen and oxygen atoms in total. The van der Waals surface area contributed by atoms with Crippen LogP contribution in [0.15, 0.2) is 48.2 Å². The van der Waals surface area contributed by atoms with Crippen molar-refractivity contribution in [1.82, 2.24) is 4.98 Å². The molecule has 0 amide bonds. The number of nitrogens with zero attached hydrogens (tertiary/aromatic N) is 2. The summed E-state index contributed by atoms with van der Waals surface area (Å²) in [4.78, 5) is 40.0. The van der Waals surface area contributed by atoms with Crippen molar-refractivity contribution in [3.05, 3.63) is 59.4 Å². The molecule has 0 bridgehead atoms. The molecule has 0 N–H and O–H groups in total. The van der Waals surface area contributed by atoms with Crippen LogP contribution in [-0.4, -0.2) is 36.5 Å². The van der Waals surface area contributed by atoms with Crippen LogP contribution in [0.1, 0.15) is 38.1 Å². The summed E-state index contributed by atoms with van der Waals surface area (Å²) in [6.45, 7) is 4.96. The van der Waals surface area contributed by atoms with E-state index in [1.807, 2.05) is 0 Å². The second-order valence-electron chi connectivity index (χ2n) is 6.25. The maximum atomic E-state index is 12.5. The van der Waals surface area contributed by atoms with Crippen molar-refractivity contribution in [1.29, 1.82) is 5.26 Å². The Balaban J connectivity index is 2.28. The van der Waals surface area contributed by atoms with E-state index in [0.29, 0.717) is 11.3 Å². The lowest BCUT2D eigenvalue weighted by Gasteiger charge is -2.12. The number of carbonyl (C=O) groups excluding carboxylic acids is 3. The molecule has 0 aliphatic heterocycles. The molecule has 1 atom stereocenters.